The van der Waals surface area contributed by atoms with E-state index in [4.69, 9.17) is 14.7 Å². The quantitative estimate of drug-likeness (QED) is 0.838. The Morgan fingerprint density at radius 1 is 1.47 bits per heavy atom. The van der Waals surface area contributed by atoms with Gasteiger partial charge in [-0.05, 0) is 18.4 Å². The third-order valence-corrected chi connectivity index (χ3v) is 2.21. The van der Waals surface area contributed by atoms with E-state index in [0.717, 1.165) is 23.3 Å². The average molecular weight is 206 g/mol. The molecule has 0 amide bonds. The first-order valence-electron chi connectivity index (χ1n) is 4.95. The minimum Gasteiger partial charge on any atom is -0.472 e. The fourth-order valence-corrected chi connectivity index (χ4v) is 1.55. The van der Waals surface area contributed by atoms with Gasteiger partial charge in [-0.25, -0.2) is 0 Å². The van der Waals surface area contributed by atoms with Crippen LogP contribution in [-0.2, 0) is 6.42 Å². The Balaban J connectivity index is 2.40. The molecule has 2 aromatic rings. The number of hydrogen-bond donors (Lipinski definition) is 1. The van der Waals surface area contributed by atoms with Crippen molar-refractivity contribution in [1.82, 2.24) is 5.16 Å². The molecule has 0 atom stereocenters. The molecular weight excluding hydrogens is 192 g/mol. The molecule has 0 fully saturated rings. The number of rotatable bonds is 3. The Labute approximate surface area is 88.0 Å². The molecule has 0 aromatic carbocycles. The van der Waals surface area contributed by atoms with E-state index >= 15 is 0 Å². The molecule has 0 radical (unpaired) electrons. The van der Waals surface area contributed by atoms with Crippen molar-refractivity contribution in [2.24, 2.45) is 5.92 Å². The Hall–Kier alpha value is -1.71. The average Bonchev–Trinajstić information content (AvgIpc) is 2.76. The van der Waals surface area contributed by atoms with Crippen LogP contribution in [0.15, 0.2) is 27.5 Å². The molecule has 0 aliphatic heterocycles. The highest BCUT2D eigenvalue weighted by Gasteiger charge is 2.17. The number of anilines is 1. The maximum atomic E-state index is 5.76. The number of furan rings is 1. The zero-order valence-electron chi connectivity index (χ0n) is 8.86. The smallest absolute Gasteiger partial charge is 0.175 e. The second-order valence-electron chi connectivity index (χ2n) is 3.99. The van der Waals surface area contributed by atoms with Gasteiger partial charge in [0.2, 0.25) is 0 Å². The van der Waals surface area contributed by atoms with Crippen LogP contribution in [0.4, 0.5) is 5.82 Å². The predicted molar refractivity (Wildman–Crippen MR) is 57.2 cm³/mol. The summed E-state index contributed by atoms with van der Waals surface area (Å²) in [5.41, 5.74) is 7.61. The van der Waals surface area contributed by atoms with Crippen molar-refractivity contribution in [3.63, 3.8) is 0 Å². The lowest BCUT2D eigenvalue weighted by Gasteiger charge is -2.03. The van der Waals surface area contributed by atoms with Crippen molar-refractivity contribution < 1.29 is 8.94 Å². The number of aromatic nitrogens is 1. The molecule has 2 N–H and O–H groups in total. The summed E-state index contributed by atoms with van der Waals surface area (Å²) in [5, 5.41) is 3.79. The van der Waals surface area contributed by atoms with Crippen LogP contribution in [0.1, 0.15) is 19.4 Å². The van der Waals surface area contributed by atoms with E-state index in [2.05, 4.69) is 19.0 Å². The summed E-state index contributed by atoms with van der Waals surface area (Å²) >= 11 is 0. The highest BCUT2D eigenvalue weighted by Crippen LogP contribution is 2.29. The SMILES string of the molecule is CC(C)Cc1c(N)noc1-c1ccoc1. The summed E-state index contributed by atoms with van der Waals surface area (Å²) in [5.74, 6) is 1.70. The monoisotopic (exact) mass is 206 g/mol. The summed E-state index contributed by atoms with van der Waals surface area (Å²) in [6.45, 7) is 4.26. The van der Waals surface area contributed by atoms with Gasteiger partial charge >= 0.3 is 0 Å². The predicted octanol–water partition coefficient (Wildman–Crippen LogP) is 2.72. The largest absolute Gasteiger partial charge is 0.472 e. The van der Waals surface area contributed by atoms with E-state index < -0.39 is 0 Å². The molecule has 0 aliphatic rings. The number of hydrogen-bond acceptors (Lipinski definition) is 4. The molecule has 0 unspecified atom stereocenters. The van der Waals surface area contributed by atoms with E-state index in [9.17, 15) is 0 Å². The molecule has 2 aromatic heterocycles. The molecule has 0 aliphatic carbocycles. The van der Waals surface area contributed by atoms with Gasteiger partial charge in [0, 0.05) is 5.56 Å². The van der Waals surface area contributed by atoms with E-state index in [1.165, 1.54) is 0 Å². The first-order chi connectivity index (χ1) is 7.18. The number of nitrogen functional groups attached to an aromatic ring is 1. The highest BCUT2D eigenvalue weighted by atomic mass is 16.5. The first kappa shape index (κ1) is 9.83. The molecule has 0 saturated heterocycles. The summed E-state index contributed by atoms with van der Waals surface area (Å²) in [6, 6.07) is 1.84. The summed E-state index contributed by atoms with van der Waals surface area (Å²) in [7, 11) is 0. The van der Waals surface area contributed by atoms with Crippen molar-refractivity contribution in [1.29, 1.82) is 0 Å². The van der Waals surface area contributed by atoms with Crippen LogP contribution < -0.4 is 5.73 Å². The van der Waals surface area contributed by atoms with Crippen LogP contribution in [0.3, 0.4) is 0 Å². The molecule has 4 nitrogen and oxygen atoms in total. The minimum absolute atomic E-state index is 0.472. The third kappa shape index (κ3) is 1.88. The zero-order chi connectivity index (χ0) is 10.8. The lowest BCUT2D eigenvalue weighted by atomic mass is 10.0. The molecular formula is C11H14N2O2. The van der Waals surface area contributed by atoms with Gasteiger partial charge in [0.1, 0.15) is 6.26 Å². The molecule has 0 saturated carbocycles. The Bertz CT molecular complexity index is 429. The topological polar surface area (TPSA) is 65.2 Å². The fourth-order valence-electron chi connectivity index (χ4n) is 1.55. The molecule has 80 valence electrons. The molecule has 15 heavy (non-hydrogen) atoms. The number of nitrogens with zero attached hydrogens (tertiary/aromatic N) is 1. The van der Waals surface area contributed by atoms with E-state index in [0.29, 0.717) is 11.7 Å². The van der Waals surface area contributed by atoms with Crippen molar-refractivity contribution in [2.75, 3.05) is 5.73 Å². The van der Waals surface area contributed by atoms with Crippen LogP contribution in [-0.4, -0.2) is 5.16 Å². The van der Waals surface area contributed by atoms with Crippen LogP contribution in [0.2, 0.25) is 0 Å². The van der Waals surface area contributed by atoms with Crippen LogP contribution in [0.25, 0.3) is 11.3 Å². The van der Waals surface area contributed by atoms with Crippen LogP contribution in [0, 0.1) is 5.92 Å². The second-order valence-corrected chi connectivity index (χ2v) is 3.99. The normalized spacial score (nSPS) is 11.1. The van der Waals surface area contributed by atoms with Gasteiger partial charge in [0.25, 0.3) is 0 Å². The lowest BCUT2D eigenvalue weighted by Crippen LogP contribution is -1.98. The molecule has 4 heteroatoms. The van der Waals surface area contributed by atoms with Gasteiger partial charge in [-0.2, -0.15) is 0 Å². The van der Waals surface area contributed by atoms with Crippen LogP contribution >= 0.6 is 0 Å². The van der Waals surface area contributed by atoms with Gasteiger partial charge < -0.3 is 14.7 Å². The van der Waals surface area contributed by atoms with E-state index in [-0.39, 0.29) is 0 Å². The standard InChI is InChI=1S/C11H14N2O2/c1-7(2)5-9-10(15-13-11(9)12)8-3-4-14-6-8/h3-4,6-7H,5H2,1-2H3,(H2,12,13). The van der Waals surface area contributed by atoms with Gasteiger partial charge in [0.05, 0.1) is 11.8 Å². The van der Waals surface area contributed by atoms with E-state index in [1.54, 1.807) is 12.5 Å². The fraction of sp³-hybridized carbons (Fsp3) is 0.364. The van der Waals surface area contributed by atoms with E-state index in [1.807, 2.05) is 6.07 Å². The lowest BCUT2D eigenvalue weighted by molar-refractivity contribution is 0.433. The maximum Gasteiger partial charge on any atom is 0.175 e. The second kappa shape index (κ2) is 3.81. The van der Waals surface area contributed by atoms with Gasteiger partial charge in [-0.15, -0.1) is 0 Å². The summed E-state index contributed by atoms with van der Waals surface area (Å²) < 4.78 is 10.2. The molecule has 2 rings (SSSR count). The van der Waals surface area contributed by atoms with Crippen molar-refractivity contribution in [2.45, 2.75) is 20.3 Å². The summed E-state index contributed by atoms with van der Waals surface area (Å²) in [4.78, 5) is 0. The molecule has 0 bridgehead atoms. The van der Waals surface area contributed by atoms with Gasteiger partial charge in [-0.3, -0.25) is 0 Å². The van der Waals surface area contributed by atoms with Crippen molar-refractivity contribution >= 4 is 5.82 Å². The maximum absolute atomic E-state index is 5.76. The molecule has 0 spiro atoms. The highest BCUT2D eigenvalue weighted by molar-refractivity contribution is 5.64. The van der Waals surface area contributed by atoms with Crippen molar-refractivity contribution in [3.8, 4) is 11.3 Å². The summed E-state index contributed by atoms with van der Waals surface area (Å²) in [6.07, 6.45) is 4.09. The number of nitrogens with two attached hydrogens (primary N) is 1. The Kier molecular flexibility index (Phi) is 2.49. The van der Waals surface area contributed by atoms with Crippen molar-refractivity contribution in [3.05, 3.63) is 24.2 Å². The van der Waals surface area contributed by atoms with Crippen LogP contribution in [0.5, 0.6) is 0 Å². The first-order valence-corrected chi connectivity index (χ1v) is 4.95. The Morgan fingerprint density at radius 3 is 2.87 bits per heavy atom. The minimum atomic E-state index is 0.472. The Morgan fingerprint density at radius 2 is 2.27 bits per heavy atom. The zero-order valence-corrected chi connectivity index (χ0v) is 8.86. The third-order valence-electron chi connectivity index (χ3n) is 2.21. The van der Waals surface area contributed by atoms with Gasteiger partial charge in [-0.1, -0.05) is 19.0 Å². The molecule has 2 heterocycles. The van der Waals surface area contributed by atoms with Gasteiger partial charge in [0.15, 0.2) is 11.6 Å².